The molecule has 2 saturated carbocycles. The maximum Gasteiger partial charge on any atom is 0.251 e. The summed E-state index contributed by atoms with van der Waals surface area (Å²) in [7, 11) is 0. The van der Waals surface area contributed by atoms with Crippen LogP contribution in [0.2, 0.25) is 0 Å². The van der Waals surface area contributed by atoms with Gasteiger partial charge < -0.3 is 16.0 Å². The minimum Gasteiger partial charge on any atom is -0.352 e. The van der Waals surface area contributed by atoms with Crippen LogP contribution in [-0.2, 0) is 4.79 Å². The lowest BCUT2D eigenvalue weighted by Crippen LogP contribution is -2.53. The number of aryl methyl sites for hydroxylation is 1. The summed E-state index contributed by atoms with van der Waals surface area (Å²) >= 11 is 0. The normalized spacial score (nSPS) is 23.5. The third-order valence-corrected chi connectivity index (χ3v) is 6.15. The number of carbonyl (C=O) groups excluding carboxylic acids is 2. The summed E-state index contributed by atoms with van der Waals surface area (Å²) in [5, 5.41) is 9.43. The predicted molar refractivity (Wildman–Crippen MR) is 108 cm³/mol. The predicted octanol–water partition coefficient (Wildman–Crippen LogP) is 3.07. The van der Waals surface area contributed by atoms with Crippen LogP contribution in [-0.4, -0.2) is 36.5 Å². The van der Waals surface area contributed by atoms with Crippen molar-refractivity contribution in [2.24, 2.45) is 5.92 Å². The monoisotopic (exact) mass is 389 g/mol. The van der Waals surface area contributed by atoms with E-state index in [0.717, 1.165) is 44.1 Å². The average molecular weight is 390 g/mol. The van der Waals surface area contributed by atoms with Gasteiger partial charge in [-0.3, -0.25) is 9.59 Å². The van der Waals surface area contributed by atoms with E-state index in [-0.39, 0.29) is 23.2 Å². The van der Waals surface area contributed by atoms with Gasteiger partial charge in [0.1, 0.15) is 5.82 Å². The largest absolute Gasteiger partial charge is 0.352 e. The van der Waals surface area contributed by atoms with Gasteiger partial charge in [-0.25, -0.2) is 4.39 Å². The Bertz CT molecular complexity index is 689. The first-order valence-electron chi connectivity index (χ1n) is 10.4. The fraction of sp³-hybridized carbons (Fsp3) is 0.636. The van der Waals surface area contributed by atoms with E-state index in [0.29, 0.717) is 30.6 Å². The van der Waals surface area contributed by atoms with E-state index in [9.17, 15) is 14.0 Å². The highest BCUT2D eigenvalue weighted by atomic mass is 19.1. The molecule has 3 N–H and O–H groups in total. The zero-order valence-electron chi connectivity index (χ0n) is 16.9. The third kappa shape index (κ3) is 5.77. The van der Waals surface area contributed by atoms with Crippen molar-refractivity contribution in [1.29, 1.82) is 0 Å². The fourth-order valence-electron chi connectivity index (χ4n) is 4.23. The highest BCUT2D eigenvalue weighted by molar-refractivity contribution is 5.94. The van der Waals surface area contributed by atoms with Crippen molar-refractivity contribution in [3.8, 4) is 0 Å². The topological polar surface area (TPSA) is 70.2 Å². The molecule has 2 aliphatic rings. The minimum atomic E-state index is -0.382. The number of nitrogens with one attached hydrogen (secondary N) is 3. The van der Waals surface area contributed by atoms with Crippen LogP contribution in [0.5, 0.6) is 0 Å². The van der Waals surface area contributed by atoms with Gasteiger partial charge in [-0.15, -0.1) is 0 Å². The smallest absolute Gasteiger partial charge is 0.251 e. The van der Waals surface area contributed by atoms with Gasteiger partial charge >= 0.3 is 0 Å². The number of hydrogen-bond acceptors (Lipinski definition) is 3. The van der Waals surface area contributed by atoms with Crippen molar-refractivity contribution >= 4 is 11.8 Å². The molecule has 0 saturated heterocycles. The Hall–Kier alpha value is -1.95. The van der Waals surface area contributed by atoms with E-state index in [1.54, 1.807) is 13.0 Å². The lowest BCUT2D eigenvalue weighted by molar-refractivity contribution is -0.123. The van der Waals surface area contributed by atoms with E-state index < -0.39 is 0 Å². The summed E-state index contributed by atoms with van der Waals surface area (Å²) in [5.74, 6) is -0.0857. The van der Waals surface area contributed by atoms with Gasteiger partial charge in [0.05, 0.1) is 6.54 Å². The lowest BCUT2D eigenvalue weighted by Gasteiger charge is -2.39. The van der Waals surface area contributed by atoms with Crippen LogP contribution in [0.3, 0.4) is 0 Å². The number of benzene rings is 1. The van der Waals surface area contributed by atoms with Crippen molar-refractivity contribution in [2.45, 2.75) is 70.4 Å². The molecule has 0 radical (unpaired) electrons. The Morgan fingerprint density at radius 3 is 2.46 bits per heavy atom. The molecular formula is C22H32FN3O2. The number of halogens is 1. The van der Waals surface area contributed by atoms with Gasteiger partial charge in [-0.2, -0.15) is 0 Å². The van der Waals surface area contributed by atoms with E-state index >= 15 is 0 Å². The molecule has 0 heterocycles. The van der Waals surface area contributed by atoms with Gasteiger partial charge in [-0.05, 0) is 88.5 Å². The first kappa shape index (κ1) is 20.8. The molecular weight excluding hydrogens is 357 g/mol. The second-order valence-corrected chi connectivity index (χ2v) is 8.79. The Morgan fingerprint density at radius 2 is 1.86 bits per heavy atom. The molecule has 154 valence electrons. The second-order valence-electron chi connectivity index (χ2n) is 8.79. The summed E-state index contributed by atoms with van der Waals surface area (Å²) in [4.78, 5) is 24.3. The van der Waals surface area contributed by atoms with E-state index in [4.69, 9.17) is 0 Å². The first-order chi connectivity index (χ1) is 13.3. The number of amides is 2. The fourth-order valence-corrected chi connectivity index (χ4v) is 4.23. The molecule has 0 atom stereocenters. The number of hydrogen-bond donors (Lipinski definition) is 3. The van der Waals surface area contributed by atoms with E-state index in [2.05, 4.69) is 22.9 Å². The molecule has 6 heteroatoms. The molecule has 28 heavy (non-hydrogen) atoms. The molecule has 2 amide bonds. The summed E-state index contributed by atoms with van der Waals surface area (Å²) < 4.78 is 13.5. The van der Waals surface area contributed by atoms with Crippen LogP contribution in [0.15, 0.2) is 18.2 Å². The molecule has 3 rings (SSSR count). The molecule has 0 bridgehead atoms. The molecule has 1 aromatic rings. The van der Waals surface area contributed by atoms with Crippen LogP contribution >= 0.6 is 0 Å². The zero-order valence-corrected chi connectivity index (χ0v) is 16.9. The Labute approximate surface area is 166 Å². The molecule has 2 aliphatic carbocycles. The zero-order chi connectivity index (χ0) is 20.1. The van der Waals surface area contributed by atoms with Crippen LogP contribution in [0.1, 0.15) is 67.8 Å². The first-order valence-corrected chi connectivity index (χ1v) is 10.4. The van der Waals surface area contributed by atoms with Crippen LogP contribution < -0.4 is 16.0 Å². The van der Waals surface area contributed by atoms with Gasteiger partial charge in [-0.1, -0.05) is 0 Å². The van der Waals surface area contributed by atoms with Crippen LogP contribution in [0, 0.1) is 18.7 Å². The molecule has 2 fully saturated rings. The summed E-state index contributed by atoms with van der Waals surface area (Å²) in [6, 6.07) is 4.75. The molecule has 0 unspecified atom stereocenters. The standard InChI is InChI=1S/C22H32FN3O2/c1-15-10-17(12-18(23)11-15)21(28)25-13-16-4-6-19(7-5-16)24-14-20(27)26-22(2)8-3-9-22/h10-12,16,19,24H,3-9,13-14H2,1-2H3,(H,25,28)(H,26,27). The van der Waals surface area contributed by atoms with Gasteiger partial charge in [0.25, 0.3) is 5.91 Å². The van der Waals surface area contributed by atoms with Gasteiger partial charge in [0.2, 0.25) is 5.91 Å². The molecule has 0 spiro atoms. The molecule has 0 aliphatic heterocycles. The highest BCUT2D eigenvalue weighted by Gasteiger charge is 2.33. The third-order valence-electron chi connectivity index (χ3n) is 6.15. The molecule has 1 aromatic carbocycles. The van der Waals surface area contributed by atoms with Crippen molar-refractivity contribution in [2.75, 3.05) is 13.1 Å². The van der Waals surface area contributed by atoms with Gasteiger partial charge in [0.15, 0.2) is 0 Å². The maximum atomic E-state index is 13.5. The lowest BCUT2D eigenvalue weighted by atomic mass is 9.78. The van der Waals surface area contributed by atoms with E-state index in [1.165, 1.54) is 18.6 Å². The average Bonchev–Trinajstić information content (AvgIpc) is 2.63. The van der Waals surface area contributed by atoms with Gasteiger partial charge in [0, 0.05) is 23.7 Å². The Balaban J connectivity index is 1.33. The second kappa shape index (κ2) is 9.03. The maximum absolute atomic E-state index is 13.5. The Kier molecular flexibility index (Phi) is 6.70. The SMILES string of the molecule is Cc1cc(F)cc(C(=O)NCC2CCC(NCC(=O)NC3(C)CCC3)CC2)c1. The highest BCUT2D eigenvalue weighted by Crippen LogP contribution is 2.30. The van der Waals surface area contributed by atoms with Crippen molar-refractivity contribution in [3.05, 3.63) is 35.1 Å². The van der Waals surface area contributed by atoms with Crippen molar-refractivity contribution in [1.82, 2.24) is 16.0 Å². The molecule has 5 nitrogen and oxygen atoms in total. The summed E-state index contributed by atoms with van der Waals surface area (Å²) in [6.07, 6.45) is 7.38. The Morgan fingerprint density at radius 1 is 1.14 bits per heavy atom. The van der Waals surface area contributed by atoms with Crippen molar-refractivity contribution in [3.63, 3.8) is 0 Å². The van der Waals surface area contributed by atoms with Crippen LogP contribution in [0.4, 0.5) is 4.39 Å². The van der Waals surface area contributed by atoms with Crippen molar-refractivity contribution < 1.29 is 14.0 Å². The molecule has 0 aromatic heterocycles. The number of carbonyl (C=O) groups is 2. The summed E-state index contributed by atoms with van der Waals surface area (Å²) in [6.45, 7) is 4.88. The van der Waals surface area contributed by atoms with Crippen LogP contribution in [0.25, 0.3) is 0 Å². The quantitative estimate of drug-likeness (QED) is 0.671. The van der Waals surface area contributed by atoms with E-state index in [1.807, 2.05) is 0 Å². The minimum absolute atomic E-state index is 0.00877. The number of rotatable bonds is 7. The summed E-state index contributed by atoms with van der Waals surface area (Å²) in [5.41, 5.74) is 1.13.